The lowest BCUT2D eigenvalue weighted by Crippen LogP contribution is -2.28. The Morgan fingerprint density at radius 3 is 2.57 bits per heavy atom. The fourth-order valence-corrected chi connectivity index (χ4v) is 4.59. The molecular formula is C17H16N2O3S. The maximum atomic E-state index is 12.7. The van der Waals surface area contributed by atoms with E-state index in [4.69, 9.17) is 0 Å². The van der Waals surface area contributed by atoms with E-state index < -0.39 is 9.84 Å². The van der Waals surface area contributed by atoms with Gasteiger partial charge in [-0.05, 0) is 49.2 Å². The Morgan fingerprint density at radius 2 is 1.87 bits per heavy atom. The van der Waals surface area contributed by atoms with Crippen molar-refractivity contribution >= 4 is 21.4 Å². The summed E-state index contributed by atoms with van der Waals surface area (Å²) >= 11 is 0. The van der Waals surface area contributed by atoms with Crippen molar-refractivity contribution in [2.24, 2.45) is 0 Å². The number of pyridine rings is 1. The Morgan fingerprint density at radius 1 is 1.13 bits per heavy atom. The molecule has 4 rings (SSSR count). The molecule has 1 fully saturated rings. The van der Waals surface area contributed by atoms with E-state index in [1.807, 2.05) is 12.1 Å². The van der Waals surface area contributed by atoms with Gasteiger partial charge < -0.3 is 4.90 Å². The third-order valence-electron chi connectivity index (χ3n) is 4.37. The molecule has 6 heteroatoms. The molecule has 2 heterocycles. The van der Waals surface area contributed by atoms with Gasteiger partial charge in [-0.2, -0.15) is 0 Å². The van der Waals surface area contributed by atoms with Gasteiger partial charge in [-0.1, -0.05) is 0 Å². The third kappa shape index (κ3) is 2.43. The van der Waals surface area contributed by atoms with E-state index in [0.29, 0.717) is 17.0 Å². The van der Waals surface area contributed by atoms with Crippen LogP contribution in [0.3, 0.4) is 0 Å². The van der Waals surface area contributed by atoms with Crippen molar-refractivity contribution in [2.75, 3.05) is 11.4 Å². The van der Waals surface area contributed by atoms with Crippen molar-refractivity contribution in [3.05, 3.63) is 53.9 Å². The number of carbonyl (C=O) groups excluding carboxylic acids is 1. The van der Waals surface area contributed by atoms with Crippen LogP contribution in [0.5, 0.6) is 0 Å². The van der Waals surface area contributed by atoms with Gasteiger partial charge in [-0.25, -0.2) is 8.42 Å². The number of fused-ring (bicyclic) bond motifs is 1. The van der Waals surface area contributed by atoms with Crippen LogP contribution in [0, 0.1) is 0 Å². The van der Waals surface area contributed by atoms with E-state index in [9.17, 15) is 13.2 Å². The molecule has 0 bridgehead atoms. The van der Waals surface area contributed by atoms with Gasteiger partial charge in [0.15, 0.2) is 9.84 Å². The Hall–Kier alpha value is -2.21. The molecule has 1 saturated carbocycles. The lowest BCUT2D eigenvalue weighted by molar-refractivity contribution is 0.0989. The summed E-state index contributed by atoms with van der Waals surface area (Å²) in [5.74, 6) is -0.118. The number of nitrogens with zero attached hydrogens (tertiary/aromatic N) is 2. The zero-order valence-corrected chi connectivity index (χ0v) is 13.3. The van der Waals surface area contributed by atoms with E-state index in [0.717, 1.165) is 30.6 Å². The lowest BCUT2D eigenvalue weighted by Gasteiger charge is -2.17. The van der Waals surface area contributed by atoms with Crippen LogP contribution in [-0.2, 0) is 16.3 Å². The van der Waals surface area contributed by atoms with E-state index in [1.165, 1.54) is 0 Å². The Kier molecular flexibility index (Phi) is 3.23. The summed E-state index contributed by atoms with van der Waals surface area (Å²) in [5.41, 5.74) is 2.26. The van der Waals surface area contributed by atoms with Crippen molar-refractivity contribution in [3.8, 4) is 0 Å². The molecule has 1 amide bonds. The fraction of sp³-hybridized carbons (Fsp3) is 0.294. The summed E-state index contributed by atoms with van der Waals surface area (Å²) < 4.78 is 24.4. The van der Waals surface area contributed by atoms with Gasteiger partial charge in [-0.15, -0.1) is 0 Å². The first kappa shape index (κ1) is 14.4. The summed E-state index contributed by atoms with van der Waals surface area (Å²) in [7, 11) is -3.21. The molecule has 23 heavy (non-hydrogen) atoms. The number of rotatable bonds is 3. The van der Waals surface area contributed by atoms with Crippen molar-refractivity contribution in [2.45, 2.75) is 29.4 Å². The van der Waals surface area contributed by atoms with Crippen molar-refractivity contribution in [3.63, 3.8) is 0 Å². The maximum absolute atomic E-state index is 12.7. The summed E-state index contributed by atoms with van der Waals surface area (Å²) in [6.45, 7) is 0.604. The van der Waals surface area contributed by atoms with Crippen molar-refractivity contribution < 1.29 is 13.2 Å². The summed E-state index contributed by atoms with van der Waals surface area (Å²) in [6.07, 6.45) is 3.95. The highest BCUT2D eigenvalue weighted by molar-refractivity contribution is 7.92. The first-order chi connectivity index (χ1) is 11.1. The highest BCUT2D eigenvalue weighted by Crippen LogP contribution is 2.33. The van der Waals surface area contributed by atoms with Crippen LogP contribution in [0.4, 0.5) is 5.69 Å². The summed E-state index contributed by atoms with van der Waals surface area (Å²) in [6, 6.07) is 10.00. The van der Waals surface area contributed by atoms with Gasteiger partial charge in [-0.3, -0.25) is 9.78 Å². The molecule has 0 atom stereocenters. The van der Waals surface area contributed by atoms with Gasteiger partial charge in [0, 0.05) is 24.7 Å². The summed E-state index contributed by atoms with van der Waals surface area (Å²) in [4.78, 5) is 19.0. The minimum atomic E-state index is -3.21. The topological polar surface area (TPSA) is 67.3 Å². The van der Waals surface area contributed by atoms with Gasteiger partial charge >= 0.3 is 0 Å². The van der Waals surface area contributed by atoms with Crippen LogP contribution in [0.15, 0.2) is 47.5 Å². The van der Waals surface area contributed by atoms with Gasteiger partial charge in [0.1, 0.15) is 0 Å². The monoisotopic (exact) mass is 328 g/mol. The number of sulfone groups is 1. The Labute approximate surface area is 134 Å². The quantitative estimate of drug-likeness (QED) is 0.866. The second kappa shape index (κ2) is 5.16. The lowest BCUT2D eigenvalue weighted by atomic mass is 10.2. The first-order valence-corrected chi connectivity index (χ1v) is 9.22. The van der Waals surface area contributed by atoms with E-state index >= 15 is 0 Å². The Balaban J connectivity index is 1.61. The van der Waals surface area contributed by atoms with Crippen molar-refractivity contribution in [1.29, 1.82) is 0 Å². The van der Waals surface area contributed by atoms with Crippen LogP contribution < -0.4 is 4.90 Å². The molecular weight excluding hydrogens is 312 g/mol. The number of anilines is 1. The minimum Gasteiger partial charge on any atom is -0.306 e. The SMILES string of the molecule is O=C(c1ccc(S(=O)(=O)C2CC2)cc1)N1CCc2ncccc21. The fourth-order valence-electron chi connectivity index (χ4n) is 2.93. The van der Waals surface area contributed by atoms with Crippen molar-refractivity contribution in [1.82, 2.24) is 4.98 Å². The second-order valence-electron chi connectivity index (χ2n) is 5.94. The third-order valence-corrected chi connectivity index (χ3v) is 6.65. The molecule has 0 unspecified atom stereocenters. The average molecular weight is 328 g/mol. The van der Waals surface area contributed by atoms with Crippen LogP contribution in [0.25, 0.3) is 0 Å². The molecule has 1 aromatic heterocycles. The zero-order valence-electron chi connectivity index (χ0n) is 12.5. The Bertz CT molecular complexity index is 871. The molecule has 0 saturated heterocycles. The van der Waals surface area contributed by atoms with Crippen LogP contribution in [-0.4, -0.2) is 31.1 Å². The number of carbonyl (C=O) groups is 1. The molecule has 118 valence electrons. The van der Waals surface area contributed by atoms with Crippen LogP contribution >= 0.6 is 0 Å². The first-order valence-electron chi connectivity index (χ1n) is 7.67. The number of hydrogen-bond donors (Lipinski definition) is 0. The molecule has 0 N–H and O–H groups in total. The largest absolute Gasteiger partial charge is 0.306 e. The zero-order chi connectivity index (χ0) is 16.0. The number of hydrogen-bond acceptors (Lipinski definition) is 4. The highest BCUT2D eigenvalue weighted by Gasteiger charge is 2.37. The predicted octanol–water partition coefficient (Wildman–Crippen LogP) is 2.22. The number of amides is 1. The molecule has 2 aromatic rings. The predicted molar refractivity (Wildman–Crippen MR) is 86.3 cm³/mol. The molecule has 5 nitrogen and oxygen atoms in total. The molecule has 0 spiro atoms. The number of aromatic nitrogens is 1. The van der Waals surface area contributed by atoms with E-state index in [2.05, 4.69) is 4.98 Å². The highest BCUT2D eigenvalue weighted by atomic mass is 32.2. The van der Waals surface area contributed by atoms with Gasteiger partial charge in [0.25, 0.3) is 5.91 Å². The van der Waals surface area contributed by atoms with Gasteiger partial charge in [0.2, 0.25) is 0 Å². The van der Waals surface area contributed by atoms with E-state index in [1.54, 1.807) is 35.4 Å². The minimum absolute atomic E-state index is 0.118. The van der Waals surface area contributed by atoms with Crippen LogP contribution in [0.2, 0.25) is 0 Å². The molecule has 2 aliphatic rings. The van der Waals surface area contributed by atoms with Crippen LogP contribution in [0.1, 0.15) is 28.9 Å². The molecule has 1 aromatic carbocycles. The van der Waals surface area contributed by atoms with E-state index in [-0.39, 0.29) is 11.2 Å². The molecule has 0 radical (unpaired) electrons. The molecule has 1 aliphatic carbocycles. The number of benzene rings is 1. The normalized spacial score (nSPS) is 17.1. The second-order valence-corrected chi connectivity index (χ2v) is 8.17. The average Bonchev–Trinajstić information content (AvgIpc) is 3.35. The maximum Gasteiger partial charge on any atom is 0.258 e. The smallest absolute Gasteiger partial charge is 0.258 e. The summed E-state index contributed by atoms with van der Waals surface area (Å²) in [5, 5.41) is -0.236. The van der Waals surface area contributed by atoms with Gasteiger partial charge in [0.05, 0.1) is 21.5 Å². The standard InChI is InChI=1S/C17H16N2O3S/c20-17(19-11-9-15-16(19)2-1-10-18-15)12-3-5-13(6-4-12)23(21,22)14-7-8-14/h1-6,10,14H,7-9,11H2. The molecule has 1 aliphatic heterocycles.